The van der Waals surface area contributed by atoms with Gasteiger partial charge < -0.3 is 5.32 Å². The highest BCUT2D eigenvalue weighted by molar-refractivity contribution is 7.80. The van der Waals surface area contributed by atoms with E-state index in [1.165, 1.54) is 11.1 Å². The third-order valence-corrected chi connectivity index (χ3v) is 5.29. The predicted octanol–water partition coefficient (Wildman–Crippen LogP) is 9.93. The van der Waals surface area contributed by atoms with Crippen molar-refractivity contribution >= 4 is 28.8 Å². The molecule has 0 heterocycles. The number of thiocarbonyl (C=S) groups is 1. The van der Waals surface area contributed by atoms with Crippen LogP contribution in [0, 0.1) is 19.8 Å². The van der Waals surface area contributed by atoms with E-state index in [4.69, 9.17) is 12.2 Å². The number of aryl methyl sites for hydroxylation is 1. The Morgan fingerprint density at radius 3 is 2.15 bits per heavy atom. The summed E-state index contributed by atoms with van der Waals surface area (Å²) in [6.45, 7) is 26.5. The molecule has 0 saturated carbocycles. The van der Waals surface area contributed by atoms with Crippen LogP contribution in [0.1, 0.15) is 70.6 Å². The minimum Gasteiger partial charge on any atom is -0.361 e. The van der Waals surface area contributed by atoms with Crippen molar-refractivity contribution in [3.05, 3.63) is 108 Å². The van der Waals surface area contributed by atoms with Crippen LogP contribution in [0.2, 0.25) is 0 Å². The molecule has 2 rings (SSSR count). The van der Waals surface area contributed by atoms with Crippen LogP contribution in [0.25, 0.3) is 6.08 Å². The maximum Gasteiger partial charge on any atom is 0.0382 e. The Labute approximate surface area is 215 Å². The van der Waals surface area contributed by atoms with Gasteiger partial charge in [-0.1, -0.05) is 109 Å². The first kappa shape index (κ1) is 33.0. The van der Waals surface area contributed by atoms with Crippen LogP contribution in [0.4, 0.5) is 5.69 Å². The van der Waals surface area contributed by atoms with Gasteiger partial charge in [-0.25, -0.2) is 0 Å². The van der Waals surface area contributed by atoms with Crippen molar-refractivity contribution in [3.8, 4) is 12.8 Å². The summed E-state index contributed by atoms with van der Waals surface area (Å²) < 4.78 is 0. The number of terminal acetylenes is 1. The highest BCUT2D eigenvalue weighted by atomic mass is 32.1. The molecule has 2 aromatic carbocycles. The summed E-state index contributed by atoms with van der Waals surface area (Å²) in [6.07, 6.45) is 12.5. The number of allylic oxidation sites excluding steroid dienone is 3. The van der Waals surface area contributed by atoms with Gasteiger partial charge >= 0.3 is 0 Å². The van der Waals surface area contributed by atoms with Gasteiger partial charge in [0.1, 0.15) is 0 Å². The van der Waals surface area contributed by atoms with Crippen molar-refractivity contribution in [1.29, 1.82) is 0 Å². The van der Waals surface area contributed by atoms with Gasteiger partial charge in [-0.15, -0.1) is 12.8 Å². The number of hydrogen-bond acceptors (Lipinski definition) is 2. The summed E-state index contributed by atoms with van der Waals surface area (Å²) in [7, 11) is 0. The molecule has 182 valence electrons. The van der Waals surface area contributed by atoms with Crippen molar-refractivity contribution < 1.29 is 0 Å². The van der Waals surface area contributed by atoms with Crippen molar-refractivity contribution in [3.63, 3.8) is 0 Å². The van der Waals surface area contributed by atoms with Crippen molar-refractivity contribution in [2.24, 2.45) is 0 Å². The average molecular weight is 474 g/mol. The SMILES string of the molecule is C#C.C=Cc1ccccc1C(C)C(=S)CC(=C)/C(=C/Nc1cccc(C)c1)C(=C)C.CC.CC. The second-order valence-electron chi connectivity index (χ2n) is 7.15. The fourth-order valence-electron chi connectivity index (χ4n) is 3.14. The molecule has 0 radical (unpaired) electrons. The smallest absolute Gasteiger partial charge is 0.0382 e. The molecular formula is C32H43NS. The van der Waals surface area contributed by atoms with Crippen molar-refractivity contribution in [2.75, 3.05) is 5.32 Å². The van der Waals surface area contributed by atoms with Crippen LogP contribution in [-0.2, 0) is 0 Å². The maximum absolute atomic E-state index is 5.77. The lowest BCUT2D eigenvalue weighted by molar-refractivity contribution is 1.01. The van der Waals surface area contributed by atoms with Crippen LogP contribution in [0.3, 0.4) is 0 Å². The third kappa shape index (κ3) is 11.1. The summed E-state index contributed by atoms with van der Waals surface area (Å²) in [5.74, 6) is 0.150. The van der Waals surface area contributed by atoms with Crippen LogP contribution < -0.4 is 5.32 Å². The second kappa shape index (κ2) is 19.3. The molecule has 0 saturated heterocycles. The minimum absolute atomic E-state index is 0.150. The molecule has 1 atom stereocenters. The molecule has 1 nitrogen and oxygen atoms in total. The van der Waals surface area contributed by atoms with Crippen molar-refractivity contribution in [2.45, 2.75) is 60.8 Å². The van der Waals surface area contributed by atoms with E-state index in [0.717, 1.165) is 32.8 Å². The molecule has 0 spiro atoms. The zero-order valence-corrected chi connectivity index (χ0v) is 23.1. The monoisotopic (exact) mass is 473 g/mol. The fraction of sp³-hybridized carbons (Fsp3) is 0.281. The Balaban J connectivity index is 0. The lowest BCUT2D eigenvalue weighted by Crippen LogP contribution is -2.10. The Hall–Kier alpha value is -3.15. The molecule has 2 heteroatoms. The quantitative estimate of drug-likeness (QED) is 0.221. The van der Waals surface area contributed by atoms with Crippen LogP contribution in [-0.4, -0.2) is 4.86 Å². The number of hydrogen-bond donors (Lipinski definition) is 1. The lowest BCUT2D eigenvalue weighted by Gasteiger charge is -2.19. The van der Waals surface area contributed by atoms with E-state index in [1.807, 2.05) is 71.2 Å². The van der Waals surface area contributed by atoms with Crippen LogP contribution in [0.5, 0.6) is 0 Å². The first-order valence-corrected chi connectivity index (χ1v) is 12.2. The Morgan fingerprint density at radius 1 is 1.03 bits per heavy atom. The Morgan fingerprint density at radius 2 is 1.62 bits per heavy atom. The molecule has 2 aromatic rings. The summed E-state index contributed by atoms with van der Waals surface area (Å²) >= 11 is 5.77. The maximum atomic E-state index is 5.77. The van der Waals surface area contributed by atoms with E-state index in [-0.39, 0.29) is 5.92 Å². The molecule has 0 aliphatic heterocycles. The largest absolute Gasteiger partial charge is 0.361 e. The molecular weight excluding hydrogens is 430 g/mol. The molecule has 0 aliphatic rings. The Bertz CT molecular complexity index is 975. The fourth-order valence-corrected chi connectivity index (χ4v) is 3.44. The molecule has 1 unspecified atom stereocenters. The molecule has 0 fully saturated rings. The Kier molecular flexibility index (Phi) is 18.8. The van der Waals surface area contributed by atoms with Gasteiger partial charge in [-0.05, 0) is 59.4 Å². The first-order chi connectivity index (χ1) is 16.3. The molecule has 0 bridgehead atoms. The van der Waals surface area contributed by atoms with E-state index < -0.39 is 0 Å². The first-order valence-electron chi connectivity index (χ1n) is 11.8. The van der Waals surface area contributed by atoms with E-state index in [2.05, 4.69) is 76.0 Å². The second-order valence-corrected chi connectivity index (χ2v) is 7.68. The van der Waals surface area contributed by atoms with E-state index >= 15 is 0 Å². The number of anilines is 1. The standard InChI is InChI=1S/C26H29NS.2C2H6.C2H2/c1-7-22-12-8-9-14-24(22)21(6)26(28)16-20(5)25(18(2)3)17-27-23-13-10-11-19(4)15-23;3*1-2/h7-15,17,21,27H,1-2,5,16H2,3-4,6H3;2*1-2H3;1-2H/b25-17+;;;. The van der Waals surface area contributed by atoms with Gasteiger partial charge in [0.15, 0.2) is 0 Å². The lowest BCUT2D eigenvalue weighted by atomic mass is 9.88. The van der Waals surface area contributed by atoms with Gasteiger partial charge in [-0.3, -0.25) is 0 Å². The van der Waals surface area contributed by atoms with E-state index in [0.29, 0.717) is 6.42 Å². The van der Waals surface area contributed by atoms with E-state index in [1.54, 1.807) is 0 Å². The van der Waals surface area contributed by atoms with Gasteiger partial charge in [-0.2, -0.15) is 0 Å². The zero-order valence-electron chi connectivity index (χ0n) is 22.2. The molecule has 1 N–H and O–H groups in total. The molecule has 0 amide bonds. The predicted molar refractivity (Wildman–Crippen MR) is 162 cm³/mol. The molecule has 0 aliphatic carbocycles. The van der Waals surface area contributed by atoms with Crippen LogP contribution in [0.15, 0.2) is 91.2 Å². The summed E-state index contributed by atoms with van der Waals surface area (Å²) in [4.78, 5) is 0.960. The normalized spacial score (nSPS) is 10.4. The summed E-state index contributed by atoms with van der Waals surface area (Å²) in [5, 5.41) is 3.36. The summed E-state index contributed by atoms with van der Waals surface area (Å²) in [5.41, 5.74) is 7.53. The number of nitrogens with one attached hydrogen (secondary N) is 1. The van der Waals surface area contributed by atoms with Crippen LogP contribution >= 0.6 is 12.2 Å². The topological polar surface area (TPSA) is 12.0 Å². The third-order valence-electron chi connectivity index (χ3n) is 4.79. The molecule has 0 aromatic heterocycles. The van der Waals surface area contributed by atoms with Gasteiger partial charge in [0.05, 0.1) is 0 Å². The van der Waals surface area contributed by atoms with Gasteiger partial charge in [0, 0.05) is 29.1 Å². The highest BCUT2D eigenvalue weighted by Crippen LogP contribution is 2.28. The zero-order chi connectivity index (χ0) is 26.7. The van der Waals surface area contributed by atoms with Crippen molar-refractivity contribution in [1.82, 2.24) is 0 Å². The average Bonchev–Trinajstić information content (AvgIpc) is 2.87. The van der Waals surface area contributed by atoms with Gasteiger partial charge in [0.25, 0.3) is 0 Å². The van der Waals surface area contributed by atoms with Gasteiger partial charge in [0.2, 0.25) is 0 Å². The minimum atomic E-state index is 0.150. The van der Waals surface area contributed by atoms with E-state index in [9.17, 15) is 0 Å². The number of rotatable bonds is 9. The summed E-state index contributed by atoms with van der Waals surface area (Å²) in [6, 6.07) is 16.5. The number of benzene rings is 2. The highest BCUT2D eigenvalue weighted by Gasteiger charge is 2.16. The molecule has 34 heavy (non-hydrogen) atoms.